The van der Waals surface area contributed by atoms with Crippen molar-refractivity contribution in [2.75, 3.05) is 18.9 Å². The lowest BCUT2D eigenvalue weighted by Gasteiger charge is -2.19. The first kappa shape index (κ1) is 17.1. The topological polar surface area (TPSA) is 41.6 Å². The minimum atomic E-state index is -4.80. The summed E-state index contributed by atoms with van der Waals surface area (Å²) in [6, 6.07) is 4.97. The Balaban J connectivity index is 2.67. The first-order chi connectivity index (χ1) is 9.83. The van der Waals surface area contributed by atoms with Crippen molar-refractivity contribution in [2.45, 2.75) is 32.5 Å². The van der Waals surface area contributed by atoms with Gasteiger partial charge in [0.1, 0.15) is 0 Å². The zero-order valence-electron chi connectivity index (χ0n) is 12.0. The number of hydrogen-bond donors (Lipinski definition) is 1. The SMILES string of the molecule is CCCCCN(C)C(=O)Nc1ccccc1OC(F)(F)F. The molecule has 0 aromatic heterocycles. The maximum Gasteiger partial charge on any atom is 0.573 e. The van der Waals surface area contributed by atoms with Crippen LogP contribution in [-0.4, -0.2) is 30.9 Å². The van der Waals surface area contributed by atoms with E-state index in [1.807, 2.05) is 6.92 Å². The summed E-state index contributed by atoms with van der Waals surface area (Å²) < 4.78 is 40.7. The summed E-state index contributed by atoms with van der Waals surface area (Å²) in [5.74, 6) is -0.430. The Hall–Kier alpha value is -1.92. The molecule has 0 saturated carbocycles. The van der Waals surface area contributed by atoms with Crippen molar-refractivity contribution >= 4 is 11.7 Å². The number of ether oxygens (including phenoxy) is 1. The van der Waals surface area contributed by atoms with E-state index in [9.17, 15) is 18.0 Å². The average molecular weight is 304 g/mol. The van der Waals surface area contributed by atoms with Crippen LogP contribution >= 0.6 is 0 Å². The second-order valence-electron chi connectivity index (χ2n) is 4.60. The Morgan fingerprint density at radius 2 is 1.95 bits per heavy atom. The molecule has 0 aliphatic carbocycles. The van der Waals surface area contributed by atoms with Gasteiger partial charge in [0.05, 0.1) is 5.69 Å². The summed E-state index contributed by atoms with van der Waals surface area (Å²) in [7, 11) is 1.60. The smallest absolute Gasteiger partial charge is 0.404 e. The summed E-state index contributed by atoms with van der Waals surface area (Å²) in [4.78, 5) is 13.3. The summed E-state index contributed by atoms with van der Waals surface area (Å²) in [6.07, 6.45) is -1.93. The van der Waals surface area contributed by atoms with E-state index in [2.05, 4.69) is 10.1 Å². The Bertz CT molecular complexity index is 464. The number of nitrogens with one attached hydrogen (secondary N) is 1. The fraction of sp³-hybridized carbons (Fsp3) is 0.500. The average Bonchev–Trinajstić information content (AvgIpc) is 2.39. The van der Waals surface area contributed by atoms with Crippen LogP contribution in [0.3, 0.4) is 0 Å². The summed E-state index contributed by atoms with van der Waals surface area (Å²) >= 11 is 0. The van der Waals surface area contributed by atoms with Crippen molar-refractivity contribution in [3.63, 3.8) is 0 Å². The lowest BCUT2D eigenvalue weighted by molar-refractivity contribution is -0.274. The number of unbranched alkanes of at least 4 members (excludes halogenated alkanes) is 2. The normalized spacial score (nSPS) is 11.1. The number of carbonyl (C=O) groups is 1. The van der Waals surface area contributed by atoms with Crippen LogP contribution in [0.15, 0.2) is 24.3 Å². The van der Waals surface area contributed by atoms with Crippen LogP contribution in [0.4, 0.5) is 23.7 Å². The number of para-hydroxylation sites is 2. The van der Waals surface area contributed by atoms with Gasteiger partial charge in [-0.1, -0.05) is 31.9 Å². The second-order valence-corrected chi connectivity index (χ2v) is 4.60. The molecule has 0 bridgehead atoms. The standard InChI is InChI=1S/C14H19F3N2O2/c1-3-4-7-10-19(2)13(20)18-11-8-5-6-9-12(11)21-14(15,16)17/h5-6,8-9H,3-4,7,10H2,1-2H3,(H,18,20). The first-order valence-electron chi connectivity index (χ1n) is 6.70. The largest absolute Gasteiger partial charge is 0.573 e. The van der Waals surface area contributed by atoms with Crippen molar-refractivity contribution in [3.05, 3.63) is 24.3 Å². The summed E-state index contributed by atoms with van der Waals surface area (Å²) in [5, 5.41) is 2.42. The highest BCUT2D eigenvalue weighted by molar-refractivity contribution is 5.90. The fourth-order valence-electron chi connectivity index (χ4n) is 1.69. The van der Waals surface area contributed by atoms with E-state index in [0.717, 1.165) is 25.3 Å². The minimum Gasteiger partial charge on any atom is -0.404 e. The van der Waals surface area contributed by atoms with Gasteiger partial charge in [-0.05, 0) is 18.6 Å². The summed E-state index contributed by atoms with van der Waals surface area (Å²) in [5.41, 5.74) is -0.0119. The molecule has 0 spiro atoms. The van der Waals surface area contributed by atoms with Crippen LogP contribution in [0.2, 0.25) is 0 Å². The number of hydrogen-bond acceptors (Lipinski definition) is 2. The molecule has 0 radical (unpaired) electrons. The molecule has 1 N–H and O–H groups in total. The molecule has 1 rings (SSSR count). The number of nitrogens with zero attached hydrogens (tertiary/aromatic N) is 1. The highest BCUT2D eigenvalue weighted by atomic mass is 19.4. The van der Waals surface area contributed by atoms with E-state index >= 15 is 0 Å². The summed E-state index contributed by atoms with van der Waals surface area (Å²) in [6.45, 7) is 2.59. The molecule has 7 heteroatoms. The number of halogens is 3. The monoisotopic (exact) mass is 304 g/mol. The van der Waals surface area contributed by atoms with E-state index in [1.54, 1.807) is 7.05 Å². The van der Waals surface area contributed by atoms with E-state index in [-0.39, 0.29) is 5.69 Å². The third-order valence-electron chi connectivity index (χ3n) is 2.80. The molecular formula is C14H19F3N2O2. The molecule has 21 heavy (non-hydrogen) atoms. The number of rotatable bonds is 6. The first-order valence-corrected chi connectivity index (χ1v) is 6.70. The number of anilines is 1. The van der Waals surface area contributed by atoms with Crippen molar-refractivity contribution in [3.8, 4) is 5.75 Å². The van der Waals surface area contributed by atoms with Gasteiger partial charge >= 0.3 is 12.4 Å². The van der Waals surface area contributed by atoms with Gasteiger partial charge < -0.3 is 15.0 Å². The number of benzene rings is 1. The van der Waals surface area contributed by atoms with Crippen LogP contribution in [0.25, 0.3) is 0 Å². The lowest BCUT2D eigenvalue weighted by atomic mass is 10.2. The zero-order valence-corrected chi connectivity index (χ0v) is 12.0. The number of carbonyl (C=O) groups excluding carboxylic acids is 1. The van der Waals surface area contributed by atoms with Gasteiger partial charge in [-0.3, -0.25) is 0 Å². The van der Waals surface area contributed by atoms with Crippen LogP contribution in [0, 0.1) is 0 Å². The maximum atomic E-state index is 12.3. The molecule has 1 aromatic carbocycles. The van der Waals surface area contributed by atoms with Crippen molar-refractivity contribution in [2.24, 2.45) is 0 Å². The molecule has 0 heterocycles. The fourth-order valence-corrected chi connectivity index (χ4v) is 1.69. The molecule has 4 nitrogen and oxygen atoms in total. The quantitative estimate of drug-likeness (QED) is 0.799. The zero-order chi connectivity index (χ0) is 15.9. The van der Waals surface area contributed by atoms with Gasteiger partial charge in [0.15, 0.2) is 5.75 Å². The van der Waals surface area contributed by atoms with Crippen LogP contribution in [0.5, 0.6) is 5.75 Å². The third-order valence-corrected chi connectivity index (χ3v) is 2.80. The Kier molecular flexibility index (Phi) is 6.33. The molecule has 0 saturated heterocycles. The Morgan fingerprint density at radius 1 is 1.29 bits per heavy atom. The molecule has 0 fully saturated rings. The highest BCUT2D eigenvalue weighted by Crippen LogP contribution is 2.29. The molecule has 0 aliphatic heterocycles. The molecule has 0 atom stereocenters. The minimum absolute atomic E-state index is 0.0119. The third kappa shape index (κ3) is 6.37. The van der Waals surface area contributed by atoms with Gasteiger partial charge in [-0.25, -0.2) is 4.79 Å². The number of alkyl halides is 3. The molecular weight excluding hydrogens is 285 g/mol. The predicted molar refractivity (Wildman–Crippen MR) is 74.3 cm³/mol. The number of urea groups is 1. The van der Waals surface area contributed by atoms with Crippen molar-refractivity contribution in [1.29, 1.82) is 0 Å². The highest BCUT2D eigenvalue weighted by Gasteiger charge is 2.32. The van der Waals surface area contributed by atoms with E-state index in [0.29, 0.717) is 6.54 Å². The Morgan fingerprint density at radius 3 is 2.57 bits per heavy atom. The van der Waals surface area contributed by atoms with Crippen LogP contribution in [0.1, 0.15) is 26.2 Å². The van der Waals surface area contributed by atoms with E-state index in [1.165, 1.54) is 23.1 Å². The van der Waals surface area contributed by atoms with Crippen molar-refractivity contribution in [1.82, 2.24) is 4.90 Å². The predicted octanol–water partition coefficient (Wildman–Crippen LogP) is 4.24. The molecule has 1 aromatic rings. The number of amides is 2. The van der Waals surface area contributed by atoms with Gasteiger partial charge in [0.25, 0.3) is 0 Å². The van der Waals surface area contributed by atoms with Crippen LogP contribution < -0.4 is 10.1 Å². The molecule has 0 aliphatic rings. The van der Waals surface area contributed by atoms with Gasteiger partial charge in [0.2, 0.25) is 0 Å². The van der Waals surface area contributed by atoms with Crippen LogP contribution in [-0.2, 0) is 0 Å². The van der Waals surface area contributed by atoms with E-state index in [4.69, 9.17) is 0 Å². The van der Waals surface area contributed by atoms with E-state index < -0.39 is 18.1 Å². The Labute approximate surface area is 121 Å². The molecule has 0 unspecified atom stereocenters. The van der Waals surface area contributed by atoms with Gasteiger partial charge in [-0.2, -0.15) is 0 Å². The molecule has 118 valence electrons. The maximum absolute atomic E-state index is 12.3. The molecule has 2 amide bonds. The second kappa shape index (κ2) is 7.75. The van der Waals surface area contributed by atoms with Gasteiger partial charge in [0, 0.05) is 13.6 Å². The lowest BCUT2D eigenvalue weighted by Crippen LogP contribution is -2.32. The van der Waals surface area contributed by atoms with Crippen molar-refractivity contribution < 1.29 is 22.7 Å². The van der Waals surface area contributed by atoms with Gasteiger partial charge in [-0.15, -0.1) is 13.2 Å².